The summed E-state index contributed by atoms with van der Waals surface area (Å²) in [6.45, 7) is 3.66. The summed E-state index contributed by atoms with van der Waals surface area (Å²) in [6, 6.07) is 4.60. The summed E-state index contributed by atoms with van der Waals surface area (Å²) < 4.78 is 16.4. The van der Waals surface area contributed by atoms with E-state index in [-0.39, 0.29) is 24.4 Å². The molecule has 0 bridgehead atoms. The van der Waals surface area contributed by atoms with Gasteiger partial charge in [0.15, 0.2) is 0 Å². The molecule has 1 aromatic carbocycles. The molecule has 0 aliphatic rings. The first-order valence-electron chi connectivity index (χ1n) is 7.99. The van der Waals surface area contributed by atoms with E-state index >= 15 is 0 Å². The summed E-state index contributed by atoms with van der Waals surface area (Å²) in [6.07, 6.45) is 6.03. The molecule has 1 N–H and O–H groups in total. The quantitative estimate of drug-likeness (QED) is 0.727. The lowest BCUT2D eigenvalue weighted by Gasteiger charge is -2.16. The largest absolute Gasteiger partial charge is 0.352 e. The zero-order chi connectivity index (χ0) is 19.3. The van der Waals surface area contributed by atoms with Gasteiger partial charge in [-0.05, 0) is 53.5 Å². The van der Waals surface area contributed by atoms with Crippen molar-refractivity contribution >= 4 is 33.8 Å². The van der Waals surface area contributed by atoms with Crippen molar-refractivity contribution in [3.8, 4) is 5.69 Å². The number of aromatic nitrogens is 2. The Morgan fingerprint density at radius 3 is 2.73 bits per heavy atom. The summed E-state index contributed by atoms with van der Waals surface area (Å²) in [5.74, 6) is -1.03. The Balaban J connectivity index is 2.02. The second-order valence-electron chi connectivity index (χ2n) is 6.06. The van der Waals surface area contributed by atoms with Gasteiger partial charge in [-0.25, -0.2) is 9.07 Å². The van der Waals surface area contributed by atoms with Crippen molar-refractivity contribution in [3.05, 3.63) is 52.5 Å². The van der Waals surface area contributed by atoms with Crippen LogP contribution in [-0.2, 0) is 9.59 Å². The Hall–Kier alpha value is -2.48. The molecule has 6 nitrogen and oxygen atoms in total. The molecule has 0 unspecified atom stereocenters. The van der Waals surface area contributed by atoms with Gasteiger partial charge in [0.25, 0.3) is 0 Å². The van der Waals surface area contributed by atoms with E-state index in [0.717, 1.165) is 4.47 Å². The highest BCUT2D eigenvalue weighted by atomic mass is 79.9. The molecule has 2 amide bonds. The number of hydrogen-bond acceptors (Lipinski definition) is 3. The molecule has 2 aromatic rings. The Morgan fingerprint density at radius 1 is 1.42 bits per heavy atom. The average Bonchev–Trinajstić information content (AvgIpc) is 2.97. The molecule has 1 aromatic heterocycles. The van der Waals surface area contributed by atoms with E-state index in [1.54, 1.807) is 24.5 Å². The third kappa shape index (κ3) is 5.52. The highest BCUT2D eigenvalue weighted by Crippen LogP contribution is 2.18. The second-order valence-corrected chi connectivity index (χ2v) is 6.98. The van der Waals surface area contributed by atoms with E-state index in [0.29, 0.717) is 11.3 Å². The topological polar surface area (TPSA) is 67.2 Å². The zero-order valence-electron chi connectivity index (χ0n) is 14.7. The lowest BCUT2D eigenvalue weighted by Crippen LogP contribution is -2.40. The van der Waals surface area contributed by atoms with Crippen LogP contribution in [0, 0.1) is 5.82 Å². The monoisotopic (exact) mass is 422 g/mol. The first kappa shape index (κ1) is 19.8. The van der Waals surface area contributed by atoms with Gasteiger partial charge >= 0.3 is 0 Å². The van der Waals surface area contributed by atoms with Crippen molar-refractivity contribution in [2.24, 2.45) is 0 Å². The molecule has 26 heavy (non-hydrogen) atoms. The van der Waals surface area contributed by atoms with Gasteiger partial charge in [-0.2, -0.15) is 5.10 Å². The van der Waals surface area contributed by atoms with E-state index in [9.17, 15) is 14.0 Å². The maximum absolute atomic E-state index is 14.3. The van der Waals surface area contributed by atoms with Crippen LogP contribution in [-0.4, -0.2) is 46.1 Å². The molecule has 0 aliphatic carbocycles. The molecule has 1 heterocycles. The Labute approximate surface area is 159 Å². The SMILES string of the molecule is CC(C)NC(=O)CN(C)C(=O)/C=C/c1ccc(-n2cc(Br)cn2)c(F)c1. The van der Waals surface area contributed by atoms with Crippen LogP contribution in [0.1, 0.15) is 19.4 Å². The summed E-state index contributed by atoms with van der Waals surface area (Å²) in [4.78, 5) is 25.0. The van der Waals surface area contributed by atoms with E-state index in [1.165, 1.54) is 34.8 Å². The molecular formula is C18H20BrFN4O2. The van der Waals surface area contributed by atoms with Gasteiger partial charge in [0.2, 0.25) is 11.8 Å². The fraction of sp³-hybridized carbons (Fsp3) is 0.278. The van der Waals surface area contributed by atoms with Gasteiger partial charge in [0.05, 0.1) is 17.2 Å². The minimum atomic E-state index is -0.458. The lowest BCUT2D eigenvalue weighted by molar-refractivity contribution is -0.131. The summed E-state index contributed by atoms with van der Waals surface area (Å²) in [5.41, 5.74) is 0.840. The summed E-state index contributed by atoms with van der Waals surface area (Å²) in [5, 5.41) is 6.75. The predicted octanol–water partition coefficient (Wildman–Crippen LogP) is 2.77. The number of carbonyl (C=O) groups excluding carboxylic acids is 2. The molecule has 0 spiro atoms. The van der Waals surface area contributed by atoms with Crippen molar-refractivity contribution in [1.29, 1.82) is 0 Å². The molecule has 2 rings (SSSR count). The maximum atomic E-state index is 14.3. The second kappa shape index (κ2) is 8.75. The molecule has 0 saturated heterocycles. The normalized spacial score (nSPS) is 11.2. The third-order valence-electron chi connectivity index (χ3n) is 3.39. The number of amides is 2. The lowest BCUT2D eigenvalue weighted by atomic mass is 10.2. The molecule has 8 heteroatoms. The summed E-state index contributed by atoms with van der Waals surface area (Å²) >= 11 is 3.27. The van der Waals surface area contributed by atoms with Crippen molar-refractivity contribution < 1.29 is 14.0 Å². The van der Waals surface area contributed by atoms with Crippen LogP contribution in [0.25, 0.3) is 11.8 Å². The standard InChI is InChI=1S/C18H20BrFN4O2/c1-12(2)22-17(25)11-23(3)18(26)7-5-13-4-6-16(15(20)8-13)24-10-14(19)9-21-24/h4-10,12H,11H2,1-3H3,(H,22,25)/b7-5+. The molecule has 0 saturated carbocycles. The van der Waals surface area contributed by atoms with Gasteiger partial charge in [-0.3, -0.25) is 9.59 Å². The van der Waals surface area contributed by atoms with Crippen molar-refractivity contribution in [2.45, 2.75) is 19.9 Å². The zero-order valence-corrected chi connectivity index (χ0v) is 16.3. The fourth-order valence-corrected chi connectivity index (χ4v) is 2.49. The number of nitrogens with one attached hydrogen (secondary N) is 1. The van der Waals surface area contributed by atoms with E-state index in [1.807, 2.05) is 13.8 Å². The molecular weight excluding hydrogens is 403 g/mol. The Morgan fingerprint density at radius 2 is 2.15 bits per heavy atom. The van der Waals surface area contributed by atoms with Gasteiger partial charge < -0.3 is 10.2 Å². The van der Waals surface area contributed by atoms with Gasteiger partial charge in [0.1, 0.15) is 11.5 Å². The predicted molar refractivity (Wildman–Crippen MR) is 101 cm³/mol. The molecule has 0 fully saturated rings. The van der Waals surface area contributed by atoms with E-state index < -0.39 is 5.82 Å². The van der Waals surface area contributed by atoms with Gasteiger partial charge in [-0.1, -0.05) is 6.07 Å². The fourth-order valence-electron chi connectivity index (χ4n) is 2.20. The van der Waals surface area contributed by atoms with Gasteiger partial charge in [0, 0.05) is 25.4 Å². The third-order valence-corrected chi connectivity index (χ3v) is 3.80. The minimum absolute atomic E-state index is 0.0124. The first-order chi connectivity index (χ1) is 12.3. The number of rotatable bonds is 6. The smallest absolute Gasteiger partial charge is 0.246 e. The van der Waals surface area contributed by atoms with Crippen LogP contribution in [0.3, 0.4) is 0 Å². The first-order valence-corrected chi connectivity index (χ1v) is 8.78. The highest BCUT2D eigenvalue weighted by Gasteiger charge is 2.11. The number of hydrogen-bond donors (Lipinski definition) is 1. The van der Waals surface area contributed by atoms with Crippen LogP contribution in [0.2, 0.25) is 0 Å². The molecule has 0 atom stereocenters. The van der Waals surface area contributed by atoms with Crippen LogP contribution in [0.4, 0.5) is 4.39 Å². The molecule has 0 aliphatic heterocycles. The van der Waals surface area contributed by atoms with Crippen LogP contribution in [0.15, 0.2) is 41.1 Å². The van der Waals surface area contributed by atoms with E-state index in [2.05, 4.69) is 26.3 Å². The van der Waals surface area contributed by atoms with Crippen molar-refractivity contribution in [2.75, 3.05) is 13.6 Å². The highest BCUT2D eigenvalue weighted by molar-refractivity contribution is 9.10. The average molecular weight is 423 g/mol. The van der Waals surface area contributed by atoms with Crippen molar-refractivity contribution in [1.82, 2.24) is 20.0 Å². The summed E-state index contributed by atoms with van der Waals surface area (Å²) in [7, 11) is 1.53. The van der Waals surface area contributed by atoms with Gasteiger partial charge in [-0.15, -0.1) is 0 Å². The van der Waals surface area contributed by atoms with Crippen LogP contribution >= 0.6 is 15.9 Å². The van der Waals surface area contributed by atoms with Crippen LogP contribution < -0.4 is 5.32 Å². The number of nitrogens with zero attached hydrogens (tertiary/aromatic N) is 3. The molecule has 138 valence electrons. The van der Waals surface area contributed by atoms with E-state index in [4.69, 9.17) is 0 Å². The van der Waals surface area contributed by atoms with Crippen LogP contribution in [0.5, 0.6) is 0 Å². The molecule has 0 radical (unpaired) electrons. The Bertz CT molecular complexity index is 832. The number of likely N-dealkylation sites (N-methyl/N-ethyl adjacent to an activating group) is 1. The minimum Gasteiger partial charge on any atom is -0.352 e. The number of carbonyl (C=O) groups is 2. The number of halogens is 2. The maximum Gasteiger partial charge on any atom is 0.246 e. The Kier molecular flexibility index (Phi) is 6.68. The van der Waals surface area contributed by atoms with Crippen molar-refractivity contribution in [3.63, 3.8) is 0 Å². The number of benzene rings is 1.